The summed E-state index contributed by atoms with van der Waals surface area (Å²) in [5, 5.41) is 3.85. The highest BCUT2D eigenvalue weighted by atomic mass is 16.5. The number of para-hydroxylation sites is 1. The molecule has 162 valence electrons. The Bertz CT molecular complexity index is 842. The van der Waals surface area contributed by atoms with E-state index >= 15 is 0 Å². The number of methoxy groups -OCH3 is 2. The van der Waals surface area contributed by atoms with E-state index in [1.807, 2.05) is 24.3 Å². The van der Waals surface area contributed by atoms with Gasteiger partial charge in [0.25, 0.3) is 0 Å². The molecule has 0 unspecified atom stereocenters. The third kappa shape index (κ3) is 6.99. The molecule has 0 saturated carbocycles. The number of benzene rings is 2. The molecule has 2 aromatic carbocycles. The van der Waals surface area contributed by atoms with E-state index in [4.69, 9.17) is 14.2 Å². The third-order valence-corrected chi connectivity index (χ3v) is 4.30. The molecule has 0 fully saturated rings. The maximum atomic E-state index is 11.1. The predicted octanol–water partition coefficient (Wildman–Crippen LogP) is 4.53. The molecule has 0 aliphatic carbocycles. The first-order chi connectivity index (χ1) is 14.3. The fraction of sp³-hybridized carbons (Fsp3) is 0.391. The summed E-state index contributed by atoms with van der Waals surface area (Å²) < 4.78 is 21.6. The van der Waals surface area contributed by atoms with Gasteiger partial charge < -0.3 is 18.9 Å². The Balaban J connectivity index is 1.88. The van der Waals surface area contributed by atoms with E-state index in [1.54, 1.807) is 13.2 Å². The first kappa shape index (κ1) is 23.1. The average molecular weight is 415 g/mol. The molecule has 0 aromatic heterocycles. The van der Waals surface area contributed by atoms with Crippen molar-refractivity contribution in [3.05, 3.63) is 53.6 Å². The number of ether oxygens (including phenoxy) is 4. The lowest BCUT2D eigenvalue weighted by atomic mass is 9.87. The zero-order chi connectivity index (χ0) is 22.0. The molecule has 0 bridgehead atoms. The van der Waals surface area contributed by atoms with Crippen LogP contribution in [-0.4, -0.2) is 39.7 Å². The highest BCUT2D eigenvalue weighted by Crippen LogP contribution is 2.30. The SMILES string of the molecule is COC(=O)N/N=C\c1cccc(OC)c1OCCCOc1ccc(C(C)(C)C)cc1. The molecule has 2 rings (SSSR count). The molecule has 1 amide bonds. The van der Waals surface area contributed by atoms with Crippen LogP contribution in [0.5, 0.6) is 17.2 Å². The molecule has 2 aromatic rings. The molecule has 0 atom stereocenters. The fourth-order valence-electron chi connectivity index (χ4n) is 2.62. The monoisotopic (exact) mass is 414 g/mol. The first-order valence-corrected chi connectivity index (χ1v) is 9.75. The highest BCUT2D eigenvalue weighted by molar-refractivity contribution is 5.85. The maximum Gasteiger partial charge on any atom is 0.427 e. The summed E-state index contributed by atoms with van der Waals surface area (Å²) in [7, 11) is 2.84. The summed E-state index contributed by atoms with van der Waals surface area (Å²) in [5.41, 5.74) is 4.30. The minimum absolute atomic E-state index is 0.120. The summed E-state index contributed by atoms with van der Waals surface area (Å²) in [6.07, 6.45) is 1.52. The number of carbonyl (C=O) groups is 1. The van der Waals surface area contributed by atoms with Gasteiger partial charge in [-0.2, -0.15) is 5.10 Å². The van der Waals surface area contributed by atoms with Crippen LogP contribution in [0.15, 0.2) is 47.6 Å². The zero-order valence-electron chi connectivity index (χ0n) is 18.2. The van der Waals surface area contributed by atoms with Gasteiger partial charge >= 0.3 is 6.09 Å². The van der Waals surface area contributed by atoms with E-state index in [0.717, 1.165) is 5.75 Å². The van der Waals surface area contributed by atoms with Gasteiger partial charge in [0.15, 0.2) is 11.5 Å². The zero-order valence-corrected chi connectivity index (χ0v) is 18.2. The van der Waals surface area contributed by atoms with E-state index in [-0.39, 0.29) is 5.41 Å². The van der Waals surface area contributed by atoms with Crippen molar-refractivity contribution in [1.29, 1.82) is 0 Å². The van der Waals surface area contributed by atoms with Gasteiger partial charge in [0.2, 0.25) is 0 Å². The number of amides is 1. The van der Waals surface area contributed by atoms with Gasteiger partial charge in [-0.05, 0) is 35.2 Å². The molecule has 30 heavy (non-hydrogen) atoms. The van der Waals surface area contributed by atoms with Crippen molar-refractivity contribution in [2.24, 2.45) is 5.10 Å². The molecule has 1 N–H and O–H groups in total. The molecule has 0 aliphatic rings. The summed E-state index contributed by atoms with van der Waals surface area (Å²) in [5.74, 6) is 1.96. The van der Waals surface area contributed by atoms with Crippen LogP contribution in [0.2, 0.25) is 0 Å². The van der Waals surface area contributed by atoms with E-state index in [0.29, 0.717) is 36.7 Å². The molecule has 0 spiro atoms. The van der Waals surface area contributed by atoms with Crippen LogP contribution in [0, 0.1) is 0 Å². The van der Waals surface area contributed by atoms with Crippen molar-refractivity contribution in [3.63, 3.8) is 0 Å². The topological polar surface area (TPSA) is 78.4 Å². The van der Waals surface area contributed by atoms with Gasteiger partial charge in [-0.25, -0.2) is 10.2 Å². The maximum absolute atomic E-state index is 11.1. The van der Waals surface area contributed by atoms with Gasteiger partial charge in [-0.1, -0.05) is 39.0 Å². The second-order valence-corrected chi connectivity index (χ2v) is 7.57. The van der Waals surface area contributed by atoms with Crippen molar-refractivity contribution in [2.45, 2.75) is 32.6 Å². The third-order valence-electron chi connectivity index (χ3n) is 4.30. The van der Waals surface area contributed by atoms with Crippen LogP contribution in [0.4, 0.5) is 4.79 Å². The van der Waals surface area contributed by atoms with Gasteiger partial charge in [-0.15, -0.1) is 0 Å². The first-order valence-electron chi connectivity index (χ1n) is 9.75. The van der Waals surface area contributed by atoms with Gasteiger partial charge in [-0.3, -0.25) is 0 Å². The van der Waals surface area contributed by atoms with Crippen molar-refractivity contribution in [1.82, 2.24) is 5.43 Å². The minimum atomic E-state index is -0.649. The average Bonchev–Trinajstić information content (AvgIpc) is 2.73. The Morgan fingerprint density at radius 1 is 1.03 bits per heavy atom. The van der Waals surface area contributed by atoms with E-state index in [1.165, 1.54) is 18.9 Å². The highest BCUT2D eigenvalue weighted by Gasteiger charge is 2.13. The molecule has 0 aliphatic heterocycles. The minimum Gasteiger partial charge on any atom is -0.493 e. The molecular weight excluding hydrogens is 384 g/mol. The molecular formula is C23H30N2O5. The van der Waals surface area contributed by atoms with E-state index < -0.39 is 6.09 Å². The number of hydrogen-bond acceptors (Lipinski definition) is 6. The van der Waals surface area contributed by atoms with Crippen LogP contribution in [0.25, 0.3) is 0 Å². The Labute approximate surface area is 178 Å². The largest absolute Gasteiger partial charge is 0.493 e. The van der Waals surface area contributed by atoms with Crippen molar-refractivity contribution in [3.8, 4) is 17.2 Å². The van der Waals surface area contributed by atoms with Crippen molar-refractivity contribution >= 4 is 12.3 Å². The van der Waals surface area contributed by atoms with Gasteiger partial charge in [0.1, 0.15) is 5.75 Å². The normalized spacial score (nSPS) is 11.2. The predicted molar refractivity (Wildman–Crippen MR) is 117 cm³/mol. The van der Waals surface area contributed by atoms with E-state index in [2.05, 4.69) is 48.2 Å². The standard InChI is InChI=1S/C23H30N2O5/c1-23(2,3)18-10-12-19(13-11-18)29-14-7-15-30-21-17(8-6-9-20(21)27-4)16-24-25-22(26)28-5/h6,8-13,16H,7,14-15H2,1-5H3,(H,25,26)/b24-16-. The molecule has 7 nitrogen and oxygen atoms in total. The van der Waals surface area contributed by atoms with Crippen LogP contribution in [-0.2, 0) is 10.2 Å². The number of rotatable bonds is 9. The smallest absolute Gasteiger partial charge is 0.427 e. The number of nitrogens with one attached hydrogen (secondary N) is 1. The fourth-order valence-corrected chi connectivity index (χ4v) is 2.62. The molecule has 0 heterocycles. The van der Waals surface area contributed by atoms with Gasteiger partial charge in [0, 0.05) is 12.0 Å². The van der Waals surface area contributed by atoms with Crippen LogP contribution >= 0.6 is 0 Å². The Kier molecular flexibility index (Phi) is 8.53. The summed E-state index contributed by atoms with van der Waals surface area (Å²) in [4.78, 5) is 11.1. The number of hydrogen-bond donors (Lipinski definition) is 1. The number of nitrogens with zero attached hydrogens (tertiary/aromatic N) is 1. The van der Waals surface area contributed by atoms with Crippen LogP contribution in [0.1, 0.15) is 38.3 Å². The second kappa shape index (κ2) is 11.1. The Morgan fingerprint density at radius 3 is 2.37 bits per heavy atom. The summed E-state index contributed by atoms with van der Waals surface area (Å²) in [6, 6.07) is 13.6. The van der Waals surface area contributed by atoms with Crippen LogP contribution in [0.3, 0.4) is 0 Å². The summed E-state index contributed by atoms with van der Waals surface area (Å²) >= 11 is 0. The van der Waals surface area contributed by atoms with E-state index in [9.17, 15) is 4.79 Å². The molecule has 0 radical (unpaired) electrons. The lowest BCUT2D eigenvalue weighted by Crippen LogP contribution is -2.16. The van der Waals surface area contributed by atoms with Crippen LogP contribution < -0.4 is 19.6 Å². The molecule has 0 saturated heterocycles. The van der Waals surface area contributed by atoms with Gasteiger partial charge in [0.05, 0.1) is 33.6 Å². The number of hydrazone groups is 1. The lowest BCUT2D eigenvalue weighted by Gasteiger charge is -2.19. The van der Waals surface area contributed by atoms with Crippen molar-refractivity contribution in [2.75, 3.05) is 27.4 Å². The second-order valence-electron chi connectivity index (χ2n) is 7.57. The Hall–Kier alpha value is -3.22. The number of carbonyl (C=O) groups excluding carboxylic acids is 1. The molecule has 7 heteroatoms. The Morgan fingerprint density at radius 2 is 1.73 bits per heavy atom. The summed E-state index contributed by atoms with van der Waals surface area (Å²) in [6.45, 7) is 7.51. The quantitative estimate of drug-likeness (QED) is 0.370. The van der Waals surface area contributed by atoms with Crippen molar-refractivity contribution < 1.29 is 23.7 Å². The lowest BCUT2D eigenvalue weighted by molar-refractivity contribution is 0.171.